The van der Waals surface area contributed by atoms with Crippen molar-refractivity contribution in [2.24, 2.45) is 5.73 Å². The Morgan fingerprint density at radius 2 is 2.00 bits per heavy atom. The molecule has 20 heavy (non-hydrogen) atoms. The molecule has 1 rings (SSSR count). The van der Waals surface area contributed by atoms with Gasteiger partial charge in [0.25, 0.3) is 0 Å². The molecule has 0 fully saturated rings. The number of anilines is 1. The number of nitrogens with one attached hydrogen (secondary N) is 1. The van der Waals surface area contributed by atoms with Gasteiger partial charge in [-0.3, -0.25) is 0 Å². The van der Waals surface area contributed by atoms with Crippen LogP contribution in [0.2, 0.25) is 5.02 Å². The van der Waals surface area contributed by atoms with E-state index in [1.54, 1.807) is 26.8 Å². The van der Waals surface area contributed by atoms with Crippen LogP contribution in [0.25, 0.3) is 0 Å². The van der Waals surface area contributed by atoms with Crippen molar-refractivity contribution < 1.29 is 19.1 Å². The van der Waals surface area contributed by atoms with Gasteiger partial charge in [-0.25, -0.2) is 9.59 Å². The summed E-state index contributed by atoms with van der Waals surface area (Å²) in [6.07, 6.45) is 0. The lowest BCUT2D eigenvalue weighted by Crippen LogP contribution is -2.27. The number of ether oxygens (including phenoxy) is 2. The highest BCUT2D eigenvalue weighted by molar-refractivity contribution is 6.31. The number of rotatable bonds is 4. The predicted molar refractivity (Wildman–Crippen MR) is 76.0 cm³/mol. The third-order valence-corrected chi connectivity index (χ3v) is 2.20. The maximum Gasteiger partial charge on any atom is 0.344 e. The average molecular weight is 301 g/mol. The Morgan fingerprint density at radius 1 is 1.35 bits per heavy atom. The van der Waals surface area contributed by atoms with Crippen LogP contribution in [0, 0.1) is 0 Å². The topological polar surface area (TPSA) is 90.7 Å². The van der Waals surface area contributed by atoms with Crippen LogP contribution in [0.4, 0.5) is 10.5 Å². The van der Waals surface area contributed by atoms with Crippen molar-refractivity contribution in [3.8, 4) is 5.75 Å². The van der Waals surface area contributed by atoms with Crippen molar-refractivity contribution >= 4 is 29.3 Å². The fraction of sp³-hybridized carbons (Fsp3) is 0.385. The molecule has 0 spiro atoms. The highest BCUT2D eigenvalue weighted by Crippen LogP contribution is 2.28. The molecule has 0 bridgehead atoms. The molecular weight excluding hydrogens is 284 g/mol. The molecule has 0 aromatic heterocycles. The molecule has 0 aliphatic carbocycles. The SMILES string of the molecule is CC(C)(C)OC(=O)COc1ccc(Cl)cc1NC(N)=O. The number of nitrogens with two attached hydrogens (primary N) is 1. The smallest absolute Gasteiger partial charge is 0.344 e. The molecule has 0 heterocycles. The number of hydrogen-bond donors (Lipinski definition) is 2. The van der Waals surface area contributed by atoms with Crippen LogP contribution in [-0.4, -0.2) is 24.2 Å². The van der Waals surface area contributed by atoms with E-state index in [1.165, 1.54) is 12.1 Å². The van der Waals surface area contributed by atoms with E-state index in [2.05, 4.69) is 5.32 Å². The quantitative estimate of drug-likeness (QED) is 0.836. The van der Waals surface area contributed by atoms with E-state index >= 15 is 0 Å². The number of carbonyl (C=O) groups is 2. The van der Waals surface area contributed by atoms with Gasteiger partial charge in [0.15, 0.2) is 6.61 Å². The summed E-state index contributed by atoms with van der Waals surface area (Å²) in [5, 5.41) is 2.76. The van der Waals surface area contributed by atoms with Gasteiger partial charge in [0, 0.05) is 5.02 Å². The van der Waals surface area contributed by atoms with Gasteiger partial charge in [-0.2, -0.15) is 0 Å². The summed E-state index contributed by atoms with van der Waals surface area (Å²) in [7, 11) is 0. The molecule has 1 aromatic carbocycles. The van der Waals surface area contributed by atoms with Crippen LogP contribution in [0.1, 0.15) is 20.8 Å². The number of urea groups is 1. The number of carbonyl (C=O) groups excluding carboxylic acids is 2. The highest BCUT2D eigenvalue weighted by Gasteiger charge is 2.17. The zero-order chi connectivity index (χ0) is 15.3. The summed E-state index contributed by atoms with van der Waals surface area (Å²) in [6, 6.07) is 3.81. The molecule has 1 aromatic rings. The van der Waals surface area contributed by atoms with E-state index in [-0.39, 0.29) is 18.0 Å². The van der Waals surface area contributed by atoms with Crippen LogP contribution in [0.15, 0.2) is 18.2 Å². The highest BCUT2D eigenvalue weighted by atomic mass is 35.5. The van der Waals surface area contributed by atoms with E-state index in [4.69, 9.17) is 26.8 Å². The second kappa shape index (κ2) is 6.47. The molecule has 6 nitrogen and oxygen atoms in total. The zero-order valence-corrected chi connectivity index (χ0v) is 12.3. The summed E-state index contributed by atoms with van der Waals surface area (Å²) in [6.45, 7) is 4.99. The summed E-state index contributed by atoms with van der Waals surface area (Å²) in [4.78, 5) is 22.4. The maximum atomic E-state index is 11.5. The number of amides is 2. The Morgan fingerprint density at radius 3 is 2.55 bits per heavy atom. The molecule has 0 aliphatic heterocycles. The Labute approximate surface area is 122 Å². The van der Waals surface area contributed by atoms with Gasteiger partial charge in [-0.05, 0) is 39.0 Å². The van der Waals surface area contributed by atoms with Crippen molar-refractivity contribution in [2.45, 2.75) is 26.4 Å². The molecule has 0 aliphatic rings. The summed E-state index contributed by atoms with van der Waals surface area (Å²) in [5.74, 6) is -0.239. The normalized spacial score (nSPS) is 10.8. The first-order chi connectivity index (χ1) is 9.17. The number of esters is 1. The van der Waals surface area contributed by atoms with Crippen LogP contribution in [0.5, 0.6) is 5.75 Å². The molecule has 110 valence electrons. The maximum absolute atomic E-state index is 11.5. The summed E-state index contributed by atoms with van der Waals surface area (Å²) >= 11 is 5.81. The minimum absolute atomic E-state index is 0.277. The summed E-state index contributed by atoms with van der Waals surface area (Å²) in [5.41, 5.74) is 4.74. The van der Waals surface area contributed by atoms with E-state index in [0.29, 0.717) is 5.02 Å². The Kier molecular flexibility index (Phi) is 5.21. The monoisotopic (exact) mass is 300 g/mol. The van der Waals surface area contributed by atoms with Crippen molar-refractivity contribution in [3.63, 3.8) is 0 Å². The minimum atomic E-state index is -0.755. The van der Waals surface area contributed by atoms with Gasteiger partial charge in [0.2, 0.25) is 0 Å². The average Bonchev–Trinajstić information content (AvgIpc) is 2.24. The Balaban J connectivity index is 2.72. The van der Waals surface area contributed by atoms with Gasteiger partial charge < -0.3 is 20.5 Å². The summed E-state index contributed by atoms with van der Waals surface area (Å²) < 4.78 is 10.4. The van der Waals surface area contributed by atoms with E-state index in [1.807, 2.05) is 0 Å². The van der Waals surface area contributed by atoms with Crippen LogP contribution in [-0.2, 0) is 9.53 Å². The Bertz CT molecular complexity index is 512. The first-order valence-corrected chi connectivity index (χ1v) is 6.26. The van der Waals surface area contributed by atoms with Gasteiger partial charge in [0.05, 0.1) is 5.69 Å². The third-order valence-electron chi connectivity index (χ3n) is 1.97. The largest absolute Gasteiger partial charge is 0.480 e. The molecule has 0 atom stereocenters. The number of hydrogen-bond acceptors (Lipinski definition) is 4. The fourth-order valence-corrected chi connectivity index (χ4v) is 1.54. The van der Waals surface area contributed by atoms with Gasteiger partial charge >= 0.3 is 12.0 Å². The molecule has 2 amide bonds. The number of primary amides is 1. The van der Waals surface area contributed by atoms with Crippen molar-refractivity contribution in [3.05, 3.63) is 23.2 Å². The van der Waals surface area contributed by atoms with Crippen molar-refractivity contribution in [2.75, 3.05) is 11.9 Å². The standard InChI is InChI=1S/C13H17ClN2O4/c1-13(2,3)20-11(17)7-19-10-5-4-8(14)6-9(10)16-12(15)18/h4-6H,7H2,1-3H3,(H3,15,16,18). The lowest BCUT2D eigenvalue weighted by molar-refractivity contribution is -0.157. The first-order valence-electron chi connectivity index (χ1n) is 5.88. The minimum Gasteiger partial charge on any atom is -0.480 e. The second-order valence-electron chi connectivity index (χ2n) is 5.00. The Hall–Kier alpha value is -1.95. The molecule has 3 N–H and O–H groups in total. The lowest BCUT2D eigenvalue weighted by Gasteiger charge is -2.19. The second-order valence-corrected chi connectivity index (χ2v) is 5.44. The van der Waals surface area contributed by atoms with Gasteiger partial charge in [-0.1, -0.05) is 11.6 Å². The van der Waals surface area contributed by atoms with Crippen LogP contribution in [0.3, 0.4) is 0 Å². The van der Waals surface area contributed by atoms with Crippen molar-refractivity contribution in [1.29, 1.82) is 0 Å². The lowest BCUT2D eigenvalue weighted by atomic mass is 10.2. The van der Waals surface area contributed by atoms with E-state index < -0.39 is 17.6 Å². The molecule has 0 radical (unpaired) electrons. The van der Waals surface area contributed by atoms with Crippen molar-refractivity contribution in [1.82, 2.24) is 0 Å². The van der Waals surface area contributed by atoms with Gasteiger partial charge in [0.1, 0.15) is 11.4 Å². The van der Waals surface area contributed by atoms with Gasteiger partial charge in [-0.15, -0.1) is 0 Å². The van der Waals surface area contributed by atoms with Crippen LogP contribution < -0.4 is 15.8 Å². The van der Waals surface area contributed by atoms with E-state index in [0.717, 1.165) is 0 Å². The molecule has 0 saturated carbocycles. The zero-order valence-electron chi connectivity index (χ0n) is 11.5. The molecule has 7 heteroatoms. The number of halogens is 1. The molecule has 0 unspecified atom stereocenters. The predicted octanol–water partition coefficient (Wildman–Crippen LogP) is 2.55. The van der Waals surface area contributed by atoms with Crippen LogP contribution >= 0.6 is 11.6 Å². The first kappa shape index (κ1) is 16.1. The number of benzene rings is 1. The van der Waals surface area contributed by atoms with E-state index in [9.17, 15) is 9.59 Å². The fourth-order valence-electron chi connectivity index (χ4n) is 1.37. The third kappa shape index (κ3) is 5.79. The molecule has 0 saturated heterocycles. The molecular formula is C13H17ClN2O4.